The Balaban J connectivity index is 1.58. The number of nitrogens with one attached hydrogen (secondary N) is 1. The van der Waals surface area contributed by atoms with Crippen molar-refractivity contribution in [1.29, 1.82) is 0 Å². The number of benzene rings is 7. The van der Waals surface area contributed by atoms with Crippen LogP contribution in [0.1, 0.15) is 0 Å². The van der Waals surface area contributed by atoms with Gasteiger partial charge in [0.05, 0.1) is 16.6 Å². The lowest BCUT2D eigenvalue weighted by atomic mass is 9.97. The van der Waals surface area contributed by atoms with Gasteiger partial charge in [-0.15, -0.1) is 0 Å². The van der Waals surface area contributed by atoms with Crippen LogP contribution in [0.3, 0.4) is 0 Å². The Kier molecular flexibility index (Phi) is 4.36. The normalized spacial score (nSPS) is 12.0. The molecule has 0 spiro atoms. The van der Waals surface area contributed by atoms with E-state index >= 15 is 0 Å². The summed E-state index contributed by atoms with van der Waals surface area (Å²) in [5, 5.41) is 10.2. The average Bonchev–Trinajstić information content (AvgIpc) is 3.58. The highest BCUT2D eigenvalue weighted by atomic mass is 15.0. The monoisotopic (exact) mass is 508 g/mol. The molecule has 0 bridgehead atoms. The summed E-state index contributed by atoms with van der Waals surface area (Å²) in [6.07, 6.45) is 0. The largest absolute Gasteiger partial charge is 0.354 e. The third kappa shape index (κ3) is 2.88. The van der Waals surface area contributed by atoms with Crippen LogP contribution >= 0.6 is 0 Å². The average molecular weight is 509 g/mol. The van der Waals surface area contributed by atoms with Crippen LogP contribution in [-0.4, -0.2) is 9.55 Å². The Morgan fingerprint density at radius 2 is 1.15 bits per heavy atom. The second kappa shape index (κ2) is 8.08. The zero-order chi connectivity index (χ0) is 26.2. The fourth-order valence-corrected chi connectivity index (χ4v) is 6.79. The molecule has 0 unspecified atom stereocenters. The molecule has 2 heterocycles. The van der Waals surface area contributed by atoms with Crippen LogP contribution in [0, 0.1) is 0 Å². The van der Waals surface area contributed by atoms with Gasteiger partial charge in [0.1, 0.15) is 0 Å². The Bertz CT molecular complexity index is 2420. The van der Waals surface area contributed by atoms with E-state index in [1.54, 1.807) is 0 Å². The number of para-hydroxylation sites is 1. The van der Waals surface area contributed by atoms with Crippen molar-refractivity contribution in [2.45, 2.75) is 0 Å². The second-order valence-electron chi connectivity index (χ2n) is 10.6. The molecule has 2 aromatic heterocycles. The van der Waals surface area contributed by atoms with Gasteiger partial charge in [-0.2, -0.15) is 0 Å². The summed E-state index contributed by atoms with van der Waals surface area (Å²) in [6.45, 7) is 0. The molecule has 0 saturated carbocycles. The molecular formula is C38H24N2. The number of nitrogens with zero attached hydrogens (tertiary/aromatic N) is 1. The molecule has 0 atom stereocenters. The fourth-order valence-electron chi connectivity index (χ4n) is 6.79. The molecule has 0 saturated heterocycles. The molecule has 9 aromatic rings. The number of rotatable bonds is 2. The van der Waals surface area contributed by atoms with Gasteiger partial charge < -0.3 is 9.55 Å². The Labute approximate surface area is 230 Å². The summed E-state index contributed by atoms with van der Waals surface area (Å²) in [7, 11) is 0. The summed E-state index contributed by atoms with van der Waals surface area (Å²) in [6, 6.07) is 50.6. The summed E-state index contributed by atoms with van der Waals surface area (Å²) in [5.74, 6) is 0. The van der Waals surface area contributed by atoms with Gasteiger partial charge in [-0.1, -0.05) is 115 Å². The summed E-state index contributed by atoms with van der Waals surface area (Å²) in [4.78, 5) is 3.80. The molecule has 40 heavy (non-hydrogen) atoms. The number of aromatic amines is 1. The quantitative estimate of drug-likeness (QED) is 0.240. The summed E-state index contributed by atoms with van der Waals surface area (Å²) >= 11 is 0. The summed E-state index contributed by atoms with van der Waals surface area (Å²) < 4.78 is 2.50. The predicted octanol–water partition coefficient (Wildman–Crippen LogP) is 10.4. The van der Waals surface area contributed by atoms with E-state index in [0.29, 0.717) is 0 Å². The van der Waals surface area contributed by atoms with Crippen LogP contribution in [0.2, 0.25) is 0 Å². The minimum atomic E-state index is 1.16. The van der Waals surface area contributed by atoms with Gasteiger partial charge in [-0.05, 0) is 51.6 Å². The predicted molar refractivity (Wildman–Crippen MR) is 171 cm³/mol. The van der Waals surface area contributed by atoms with Gasteiger partial charge in [-0.25, -0.2) is 0 Å². The van der Waals surface area contributed by atoms with Crippen molar-refractivity contribution in [3.05, 3.63) is 140 Å². The number of H-pyrrole nitrogens is 1. The van der Waals surface area contributed by atoms with E-state index in [9.17, 15) is 0 Å². The zero-order valence-corrected chi connectivity index (χ0v) is 21.7. The van der Waals surface area contributed by atoms with Gasteiger partial charge in [0.2, 0.25) is 0 Å². The van der Waals surface area contributed by atoms with E-state index in [-0.39, 0.29) is 0 Å². The highest BCUT2D eigenvalue weighted by Crippen LogP contribution is 2.46. The first kappa shape index (κ1) is 21.6. The van der Waals surface area contributed by atoms with E-state index in [1.165, 1.54) is 76.5 Å². The Morgan fingerprint density at radius 3 is 2.02 bits per heavy atom. The zero-order valence-electron chi connectivity index (χ0n) is 21.7. The van der Waals surface area contributed by atoms with Crippen molar-refractivity contribution in [2.24, 2.45) is 0 Å². The number of hydrogen-bond donors (Lipinski definition) is 1. The van der Waals surface area contributed by atoms with Crippen molar-refractivity contribution in [3.8, 4) is 16.8 Å². The molecule has 7 aromatic carbocycles. The molecule has 186 valence electrons. The van der Waals surface area contributed by atoms with Crippen molar-refractivity contribution in [2.75, 3.05) is 0 Å². The van der Waals surface area contributed by atoms with Crippen molar-refractivity contribution in [3.63, 3.8) is 0 Å². The summed E-state index contributed by atoms with van der Waals surface area (Å²) in [5.41, 5.74) is 8.43. The van der Waals surface area contributed by atoms with Crippen LogP contribution in [0.4, 0.5) is 0 Å². The van der Waals surface area contributed by atoms with Gasteiger partial charge in [0, 0.05) is 38.1 Å². The van der Waals surface area contributed by atoms with E-state index < -0.39 is 0 Å². The maximum absolute atomic E-state index is 3.80. The number of aromatic nitrogens is 2. The van der Waals surface area contributed by atoms with Crippen LogP contribution in [0.15, 0.2) is 140 Å². The maximum atomic E-state index is 3.80. The highest BCUT2D eigenvalue weighted by molar-refractivity contribution is 6.38. The topological polar surface area (TPSA) is 20.7 Å². The van der Waals surface area contributed by atoms with Crippen LogP contribution in [0.25, 0.3) is 82.0 Å². The molecule has 0 aliphatic carbocycles. The molecule has 9 rings (SSSR count). The first-order valence-corrected chi connectivity index (χ1v) is 13.8. The molecule has 0 aliphatic rings. The maximum Gasteiger partial charge on any atom is 0.0647 e. The highest BCUT2D eigenvalue weighted by Gasteiger charge is 2.22. The number of fused-ring (bicyclic) bond motifs is 12. The molecule has 0 aliphatic heterocycles. The first-order valence-electron chi connectivity index (χ1n) is 13.8. The molecule has 0 amide bonds. The Morgan fingerprint density at radius 1 is 0.450 bits per heavy atom. The Hall–Kier alpha value is -5.34. The molecule has 2 heteroatoms. The van der Waals surface area contributed by atoms with E-state index in [4.69, 9.17) is 0 Å². The minimum Gasteiger partial charge on any atom is -0.354 e. The second-order valence-corrected chi connectivity index (χ2v) is 10.6. The van der Waals surface area contributed by atoms with Crippen molar-refractivity contribution >= 4 is 65.2 Å². The lowest BCUT2D eigenvalue weighted by Crippen LogP contribution is -1.95. The van der Waals surface area contributed by atoms with E-state index in [0.717, 1.165) is 5.52 Å². The first-order chi connectivity index (χ1) is 19.9. The molecule has 0 radical (unpaired) electrons. The van der Waals surface area contributed by atoms with Crippen LogP contribution < -0.4 is 0 Å². The van der Waals surface area contributed by atoms with Crippen LogP contribution in [-0.2, 0) is 0 Å². The third-order valence-corrected chi connectivity index (χ3v) is 8.48. The van der Waals surface area contributed by atoms with Gasteiger partial charge in [0.15, 0.2) is 0 Å². The lowest BCUT2D eigenvalue weighted by Gasteiger charge is -2.12. The molecular weight excluding hydrogens is 484 g/mol. The third-order valence-electron chi connectivity index (χ3n) is 8.48. The molecule has 0 fully saturated rings. The van der Waals surface area contributed by atoms with Gasteiger partial charge >= 0.3 is 0 Å². The minimum absolute atomic E-state index is 1.16. The van der Waals surface area contributed by atoms with Crippen LogP contribution in [0.5, 0.6) is 0 Å². The van der Waals surface area contributed by atoms with Crippen molar-refractivity contribution < 1.29 is 0 Å². The van der Waals surface area contributed by atoms with Crippen molar-refractivity contribution in [1.82, 2.24) is 9.55 Å². The fraction of sp³-hybridized carbons (Fsp3) is 0. The van der Waals surface area contributed by atoms with Gasteiger partial charge in [-0.3, -0.25) is 0 Å². The van der Waals surface area contributed by atoms with E-state index in [2.05, 4.69) is 149 Å². The smallest absolute Gasteiger partial charge is 0.0647 e. The SMILES string of the molecule is c1ccc(-c2cccc(-n3c4ccc5ccccc5c4c4c5ccccc5c5[nH]c6ccccc6c5c43)c2)cc1. The lowest BCUT2D eigenvalue weighted by molar-refractivity contribution is 1.19. The van der Waals surface area contributed by atoms with Gasteiger partial charge in [0.25, 0.3) is 0 Å². The standard InChI is InChI=1S/C38H24N2/c1-2-11-24(12-3-1)26-14-10-15-27(23-26)40-33-22-21-25-13-4-5-16-28(25)34(33)35-29-17-6-7-18-30(29)37-36(38(35)40)31-19-8-9-20-32(31)39-37/h1-23,39H. The number of hydrogen-bond acceptors (Lipinski definition) is 0. The van der Waals surface area contributed by atoms with E-state index in [1.807, 2.05) is 0 Å². The molecule has 2 nitrogen and oxygen atoms in total. The molecule has 1 N–H and O–H groups in total.